The molecule has 0 saturated carbocycles. The molecule has 1 heterocycles. The van der Waals surface area contributed by atoms with Gasteiger partial charge in [0.15, 0.2) is 0 Å². The first-order valence-electron chi connectivity index (χ1n) is 6.92. The molecule has 1 atom stereocenters. The Bertz CT molecular complexity index is 417. The van der Waals surface area contributed by atoms with E-state index in [4.69, 9.17) is 4.74 Å². The summed E-state index contributed by atoms with van der Waals surface area (Å²) in [4.78, 5) is 13.6. The summed E-state index contributed by atoms with van der Waals surface area (Å²) in [5, 5.41) is 3.14. The summed E-state index contributed by atoms with van der Waals surface area (Å²) in [6.45, 7) is 4.35. The molecular weight excluding hydrogens is 240 g/mol. The van der Waals surface area contributed by atoms with Gasteiger partial charge in [0.05, 0.1) is 6.61 Å². The van der Waals surface area contributed by atoms with Gasteiger partial charge in [0.1, 0.15) is 0 Å². The first-order chi connectivity index (χ1) is 9.24. The van der Waals surface area contributed by atoms with Gasteiger partial charge in [0, 0.05) is 18.2 Å². The van der Waals surface area contributed by atoms with E-state index in [-0.39, 0.29) is 6.09 Å². The molecular formula is C15H22N2O2. The Morgan fingerprint density at radius 1 is 1.37 bits per heavy atom. The first kappa shape index (κ1) is 13.9. The number of hydrogen-bond acceptors (Lipinski definition) is 3. The maximum Gasteiger partial charge on any atom is 0.414 e. The zero-order valence-electron chi connectivity index (χ0n) is 11.7. The van der Waals surface area contributed by atoms with Crippen molar-refractivity contribution in [2.75, 3.05) is 31.6 Å². The number of rotatable bonds is 5. The van der Waals surface area contributed by atoms with Crippen molar-refractivity contribution < 1.29 is 9.53 Å². The minimum Gasteiger partial charge on any atom is -0.449 e. The smallest absolute Gasteiger partial charge is 0.414 e. The van der Waals surface area contributed by atoms with Gasteiger partial charge in [0.2, 0.25) is 0 Å². The van der Waals surface area contributed by atoms with Crippen LogP contribution in [0.5, 0.6) is 0 Å². The number of hydrogen-bond donors (Lipinski definition) is 1. The van der Waals surface area contributed by atoms with Crippen LogP contribution in [0.4, 0.5) is 10.5 Å². The van der Waals surface area contributed by atoms with E-state index in [9.17, 15) is 4.79 Å². The Balaban J connectivity index is 2.05. The number of ether oxygens (including phenoxy) is 1. The van der Waals surface area contributed by atoms with Crippen molar-refractivity contribution in [2.45, 2.75) is 19.8 Å². The van der Waals surface area contributed by atoms with Gasteiger partial charge in [-0.2, -0.15) is 0 Å². The third-order valence-corrected chi connectivity index (χ3v) is 3.56. The molecule has 1 amide bonds. The van der Waals surface area contributed by atoms with E-state index in [1.165, 1.54) is 5.56 Å². The maximum absolute atomic E-state index is 11.9. The van der Waals surface area contributed by atoms with E-state index in [0.717, 1.165) is 31.6 Å². The van der Waals surface area contributed by atoms with Gasteiger partial charge in [-0.05, 0) is 44.1 Å². The highest BCUT2D eigenvalue weighted by Crippen LogP contribution is 2.22. The van der Waals surface area contributed by atoms with Crippen molar-refractivity contribution >= 4 is 11.8 Å². The molecule has 1 aromatic rings. The number of carbonyl (C=O) groups is 1. The quantitative estimate of drug-likeness (QED) is 0.886. The number of aryl methyl sites for hydroxylation is 1. The molecule has 1 aromatic carbocycles. The summed E-state index contributed by atoms with van der Waals surface area (Å²) >= 11 is 0. The van der Waals surface area contributed by atoms with Gasteiger partial charge in [-0.3, -0.25) is 4.90 Å². The fourth-order valence-corrected chi connectivity index (χ4v) is 2.30. The standard InChI is InChI=1S/C15H22N2O2/c1-3-12-4-6-14(7-5-12)17-10-13(8-9-16-2)11-19-15(17)18/h4-7,13,16H,3,8-11H2,1-2H3. The van der Waals surface area contributed by atoms with E-state index in [2.05, 4.69) is 24.4 Å². The number of cyclic esters (lactones) is 1. The lowest BCUT2D eigenvalue weighted by atomic mass is 10.0. The Labute approximate surface area is 114 Å². The summed E-state index contributed by atoms with van der Waals surface area (Å²) in [6, 6.07) is 8.14. The summed E-state index contributed by atoms with van der Waals surface area (Å²) in [5.41, 5.74) is 2.21. The van der Waals surface area contributed by atoms with Crippen LogP contribution in [0, 0.1) is 5.92 Å². The van der Waals surface area contributed by atoms with E-state index >= 15 is 0 Å². The van der Waals surface area contributed by atoms with Crippen LogP contribution in [0.15, 0.2) is 24.3 Å². The molecule has 19 heavy (non-hydrogen) atoms. The highest BCUT2D eigenvalue weighted by molar-refractivity contribution is 5.88. The number of amides is 1. The second kappa shape index (κ2) is 6.57. The average Bonchev–Trinajstić information content (AvgIpc) is 2.46. The number of anilines is 1. The van der Waals surface area contributed by atoms with Crippen LogP contribution in [0.1, 0.15) is 18.9 Å². The second-order valence-corrected chi connectivity index (χ2v) is 4.97. The lowest BCUT2D eigenvalue weighted by Gasteiger charge is -2.32. The molecule has 1 aliphatic heterocycles. The fraction of sp³-hybridized carbons (Fsp3) is 0.533. The van der Waals surface area contributed by atoms with Gasteiger partial charge >= 0.3 is 6.09 Å². The summed E-state index contributed by atoms with van der Waals surface area (Å²) in [7, 11) is 1.94. The number of benzene rings is 1. The fourth-order valence-electron chi connectivity index (χ4n) is 2.30. The molecule has 1 saturated heterocycles. The predicted octanol–water partition coefficient (Wildman–Crippen LogP) is 2.43. The monoisotopic (exact) mass is 262 g/mol. The van der Waals surface area contributed by atoms with Crippen molar-refractivity contribution in [3.05, 3.63) is 29.8 Å². The van der Waals surface area contributed by atoms with Crippen molar-refractivity contribution in [2.24, 2.45) is 5.92 Å². The molecule has 1 fully saturated rings. The third-order valence-electron chi connectivity index (χ3n) is 3.56. The van der Waals surface area contributed by atoms with Gasteiger partial charge in [0.25, 0.3) is 0 Å². The average molecular weight is 262 g/mol. The second-order valence-electron chi connectivity index (χ2n) is 4.97. The molecule has 2 rings (SSSR count). The summed E-state index contributed by atoms with van der Waals surface area (Å²) in [6.07, 6.45) is 1.80. The normalized spacial score (nSPS) is 19.4. The molecule has 0 aliphatic carbocycles. The van der Waals surface area contributed by atoms with Crippen LogP contribution in [0.3, 0.4) is 0 Å². The van der Waals surface area contributed by atoms with E-state index in [1.54, 1.807) is 4.90 Å². The Hall–Kier alpha value is -1.55. The van der Waals surface area contributed by atoms with Crippen molar-refractivity contribution in [3.63, 3.8) is 0 Å². The molecule has 1 aliphatic rings. The first-order valence-corrected chi connectivity index (χ1v) is 6.92. The zero-order chi connectivity index (χ0) is 13.7. The minimum absolute atomic E-state index is 0.232. The molecule has 1 unspecified atom stereocenters. The van der Waals surface area contributed by atoms with Crippen LogP contribution >= 0.6 is 0 Å². The van der Waals surface area contributed by atoms with E-state index in [1.807, 2.05) is 19.2 Å². The molecule has 0 aromatic heterocycles. The molecule has 104 valence electrons. The van der Waals surface area contributed by atoms with Crippen LogP contribution in [0.2, 0.25) is 0 Å². The van der Waals surface area contributed by atoms with Crippen molar-refractivity contribution in [1.29, 1.82) is 0 Å². The molecule has 4 heteroatoms. The van der Waals surface area contributed by atoms with Crippen LogP contribution in [-0.4, -0.2) is 32.8 Å². The molecule has 0 radical (unpaired) electrons. The largest absolute Gasteiger partial charge is 0.449 e. The SMILES string of the molecule is CCc1ccc(N2CC(CCNC)COC2=O)cc1. The Morgan fingerprint density at radius 2 is 2.11 bits per heavy atom. The van der Waals surface area contributed by atoms with E-state index < -0.39 is 0 Å². The number of nitrogens with zero attached hydrogens (tertiary/aromatic N) is 1. The lowest BCUT2D eigenvalue weighted by Crippen LogP contribution is -2.43. The summed E-state index contributed by atoms with van der Waals surface area (Å²) < 4.78 is 5.27. The minimum atomic E-state index is -0.232. The van der Waals surface area contributed by atoms with Crippen molar-refractivity contribution in [3.8, 4) is 0 Å². The molecule has 4 nitrogen and oxygen atoms in total. The maximum atomic E-state index is 11.9. The molecule has 0 bridgehead atoms. The van der Waals surface area contributed by atoms with E-state index in [0.29, 0.717) is 12.5 Å². The number of nitrogens with one attached hydrogen (secondary N) is 1. The van der Waals surface area contributed by atoms with Gasteiger partial charge < -0.3 is 10.1 Å². The molecule has 1 N–H and O–H groups in total. The predicted molar refractivity (Wildman–Crippen MR) is 76.5 cm³/mol. The lowest BCUT2D eigenvalue weighted by molar-refractivity contribution is 0.112. The van der Waals surface area contributed by atoms with Crippen molar-refractivity contribution in [1.82, 2.24) is 5.32 Å². The topological polar surface area (TPSA) is 41.6 Å². The molecule has 0 spiro atoms. The van der Waals surface area contributed by atoms with Gasteiger partial charge in [-0.15, -0.1) is 0 Å². The highest BCUT2D eigenvalue weighted by Gasteiger charge is 2.27. The van der Waals surface area contributed by atoms with Crippen LogP contribution < -0.4 is 10.2 Å². The Morgan fingerprint density at radius 3 is 2.74 bits per heavy atom. The number of carbonyl (C=O) groups excluding carboxylic acids is 1. The third kappa shape index (κ3) is 3.47. The summed E-state index contributed by atoms with van der Waals surface area (Å²) in [5.74, 6) is 0.399. The Kier molecular flexibility index (Phi) is 4.80. The zero-order valence-corrected chi connectivity index (χ0v) is 11.7. The van der Waals surface area contributed by atoms with Gasteiger partial charge in [-0.25, -0.2) is 4.79 Å². The van der Waals surface area contributed by atoms with Crippen LogP contribution in [-0.2, 0) is 11.2 Å². The van der Waals surface area contributed by atoms with Gasteiger partial charge in [-0.1, -0.05) is 19.1 Å². The highest BCUT2D eigenvalue weighted by atomic mass is 16.6. The van der Waals surface area contributed by atoms with Crippen LogP contribution in [0.25, 0.3) is 0 Å².